The normalized spacial score (nSPS) is 16.7. The molecule has 0 saturated carbocycles. The van der Waals surface area contributed by atoms with Gasteiger partial charge >= 0.3 is 0 Å². The Bertz CT molecular complexity index is 880. The summed E-state index contributed by atoms with van der Waals surface area (Å²) in [5.74, 6) is 1.12. The average molecular weight is 381 g/mol. The van der Waals surface area contributed by atoms with Crippen molar-refractivity contribution >= 4 is 15.9 Å². The predicted octanol–water partition coefficient (Wildman–Crippen LogP) is 1.98. The molecule has 9 heteroatoms. The zero-order valence-corrected chi connectivity index (χ0v) is 16.0. The van der Waals surface area contributed by atoms with Crippen LogP contribution in [0, 0.1) is 13.8 Å². The van der Waals surface area contributed by atoms with E-state index in [1.54, 1.807) is 30.9 Å². The van der Waals surface area contributed by atoms with Crippen LogP contribution in [0.3, 0.4) is 0 Å². The van der Waals surface area contributed by atoms with E-state index in [2.05, 4.69) is 5.16 Å². The van der Waals surface area contributed by atoms with Gasteiger partial charge in [-0.05, 0) is 32.4 Å². The van der Waals surface area contributed by atoms with E-state index in [4.69, 9.17) is 8.94 Å². The van der Waals surface area contributed by atoms with Crippen molar-refractivity contribution in [2.24, 2.45) is 0 Å². The molecule has 26 heavy (non-hydrogen) atoms. The third-order valence-electron chi connectivity index (χ3n) is 4.53. The Morgan fingerprint density at radius 2 is 1.96 bits per heavy atom. The highest BCUT2D eigenvalue weighted by Gasteiger charge is 2.33. The van der Waals surface area contributed by atoms with Crippen molar-refractivity contribution in [1.29, 1.82) is 0 Å². The summed E-state index contributed by atoms with van der Waals surface area (Å²) in [6.45, 7) is 6.50. The lowest BCUT2D eigenvalue weighted by Crippen LogP contribution is -2.37. The van der Waals surface area contributed by atoms with Crippen LogP contribution in [0.25, 0.3) is 0 Å². The number of sulfonamides is 1. The minimum Gasteiger partial charge on any atom is -0.456 e. The Morgan fingerprint density at radius 3 is 2.58 bits per heavy atom. The van der Waals surface area contributed by atoms with Crippen LogP contribution in [-0.4, -0.2) is 54.9 Å². The summed E-state index contributed by atoms with van der Waals surface area (Å²) in [5.41, 5.74) is 0.349. The number of nitrogens with zero attached hydrogens (tertiary/aromatic N) is 3. The van der Waals surface area contributed by atoms with Crippen LogP contribution in [0.15, 0.2) is 26.0 Å². The molecule has 1 aliphatic rings. The number of hydrogen-bond acceptors (Lipinski definition) is 6. The third-order valence-corrected chi connectivity index (χ3v) is 6.67. The Balaban J connectivity index is 1.75. The second-order valence-corrected chi connectivity index (χ2v) is 8.20. The number of aromatic nitrogens is 1. The second-order valence-electron chi connectivity index (χ2n) is 6.32. The maximum Gasteiger partial charge on any atom is 0.289 e. The largest absolute Gasteiger partial charge is 0.456 e. The fourth-order valence-corrected chi connectivity index (χ4v) is 4.91. The molecule has 0 N–H and O–H groups in total. The molecule has 0 aromatic carbocycles. The van der Waals surface area contributed by atoms with Gasteiger partial charge in [-0.1, -0.05) is 12.1 Å². The predicted molar refractivity (Wildman–Crippen MR) is 93.3 cm³/mol. The lowest BCUT2D eigenvalue weighted by molar-refractivity contribution is 0.0730. The first-order valence-electron chi connectivity index (χ1n) is 8.65. The van der Waals surface area contributed by atoms with E-state index in [1.807, 2.05) is 6.92 Å². The van der Waals surface area contributed by atoms with Crippen molar-refractivity contribution in [3.8, 4) is 0 Å². The smallest absolute Gasteiger partial charge is 0.289 e. The minimum absolute atomic E-state index is 0.121. The standard InChI is InChI=1S/C17H23N3O5S/c1-4-14-6-7-15(24-14)17(21)19-8-5-9-20(11-10-19)26(22,23)16-12(2)18-25-13(16)3/h6-7H,4-5,8-11H2,1-3H3. The Hall–Kier alpha value is -2.13. The van der Waals surface area contributed by atoms with E-state index in [0.29, 0.717) is 37.5 Å². The monoisotopic (exact) mass is 381 g/mol. The molecule has 142 valence electrons. The Morgan fingerprint density at radius 1 is 1.19 bits per heavy atom. The molecule has 3 rings (SSSR count). The van der Waals surface area contributed by atoms with Crippen molar-refractivity contribution in [1.82, 2.24) is 14.4 Å². The molecular formula is C17H23N3O5S. The summed E-state index contributed by atoms with van der Waals surface area (Å²) < 4.78 is 37.8. The number of carbonyl (C=O) groups excluding carboxylic acids is 1. The molecule has 0 bridgehead atoms. The highest BCUT2D eigenvalue weighted by atomic mass is 32.2. The van der Waals surface area contributed by atoms with Crippen molar-refractivity contribution in [3.63, 3.8) is 0 Å². The van der Waals surface area contributed by atoms with Gasteiger partial charge in [-0.3, -0.25) is 4.79 Å². The van der Waals surface area contributed by atoms with Crippen LogP contribution in [0.4, 0.5) is 0 Å². The molecular weight excluding hydrogens is 358 g/mol. The van der Waals surface area contributed by atoms with Gasteiger partial charge in [0.15, 0.2) is 11.5 Å². The fourth-order valence-electron chi connectivity index (χ4n) is 3.15. The van der Waals surface area contributed by atoms with E-state index >= 15 is 0 Å². The van der Waals surface area contributed by atoms with E-state index in [0.717, 1.165) is 12.2 Å². The van der Waals surface area contributed by atoms with Gasteiger partial charge in [0.2, 0.25) is 10.0 Å². The molecule has 1 fully saturated rings. The van der Waals surface area contributed by atoms with Crippen LogP contribution >= 0.6 is 0 Å². The zero-order valence-electron chi connectivity index (χ0n) is 15.2. The first-order chi connectivity index (χ1) is 12.3. The summed E-state index contributed by atoms with van der Waals surface area (Å²) in [6, 6.07) is 3.46. The molecule has 3 heterocycles. The molecule has 8 nitrogen and oxygen atoms in total. The number of furan rings is 1. The molecule has 2 aromatic heterocycles. The molecule has 0 aliphatic carbocycles. The fraction of sp³-hybridized carbons (Fsp3) is 0.529. The van der Waals surface area contributed by atoms with Gasteiger partial charge in [0.05, 0.1) is 0 Å². The summed E-state index contributed by atoms with van der Waals surface area (Å²) in [6.07, 6.45) is 1.27. The van der Waals surface area contributed by atoms with Gasteiger partial charge < -0.3 is 13.8 Å². The summed E-state index contributed by atoms with van der Waals surface area (Å²) >= 11 is 0. The first-order valence-corrected chi connectivity index (χ1v) is 10.1. The molecule has 1 saturated heterocycles. The SMILES string of the molecule is CCc1ccc(C(=O)N2CCCN(S(=O)(=O)c3c(C)noc3C)CC2)o1. The lowest BCUT2D eigenvalue weighted by Gasteiger charge is -2.21. The van der Waals surface area contributed by atoms with E-state index < -0.39 is 10.0 Å². The van der Waals surface area contributed by atoms with Gasteiger partial charge in [0.25, 0.3) is 5.91 Å². The Kier molecular flexibility index (Phi) is 5.19. The van der Waals surface area contributed by atoms with Crippen LogP contribution in [0.2, 0.25) is 0 Å². The van der Waals surface area contributed by atoms with Crippen LogP contribution < -0.4 is 0 Å². The quantitative estimate of drug-likeness (QED) is 0.803. The van der Waals surface area contributed by atoms with Crippen molar-refractivity contribution in [3.05, 3.63) is 35.1 Å². The highest BCUT2D eigenvalue weighted by Crippen LogP contribution is 2.24. The molecule has 0 unspecified atom stereocenters. The first kappa shape index (κ1) is 18.7. The van der Waals surface area contributed by atoms with Crippen molar-refractivity contribution < 1.29 is 22.2 Å². The number of rotatable bonds is 4. The molecule has 0 spiro atoms. The number of aryl methyl sites for hydroxylation is 3. The lowest BCUT2D eigenvalue weighted by atomic mass is 10.3. The third kappa shape index (κ3) is 3.41. The highest BCUT2D eigenvalue weighted by molar-refractivity contribution is 7.89. The van der Waals surface area contributed by atoms with E-state index in [9.17, 15) is 13.2 Å². The maximum atomic E-state index is 12.9. The van der Waals surface area contributed by atoms with Crippen LogP contribution in [0.1, 0.15) is 41.1 Å². The minimum atomic E-state index is -3.70. The average Bonchev–Trinajstić information content (AvgIpc) is 3.12. The Labute approximate surface area is 152 Å². The molecule has 1 aliphatic heterocycles. The summed E-state index contributed by atoms with van der Waals surface area (Å²) in [4.78, 5) is 14.4. The summed E-state index contributed by atoms with van der Waals surface area (Å²) in [5, 5.41) is 3.74. The van der Waals surface area contributed by atoms with Crippen LogP contribution in [-0.2, 0) is 16.4 Å². The van der Waals surface area contributed by atoms with Crippen LogP contribution in [0.5, 0.6) is 0 Å². The van der Waals surface area contributed by atoms with E-state index in [1.165, 1.54) is 4.31 Å². The van der Waals surface area contributed by atoms with Gasteiger partial charge in [0, 0.05) is 32.6 Å². The summed E-state index contributed by atoms with van der Waals surface area (Å²) in [7, 11) is -3.70. The number of hydrogen-bond donors (Lipinski definition) is 0. The zero-order chi connectivity index (χ0) is 18.9. The van der Waals surface area contributed by atoms with Gasteiger partial charge in [-0.25, -0.2) is 8.42 Å². The number of amides is 1. The number of carbonyl (C=O) groups is 1. The molecule has 0 radical (unpaired) electrons. The van der Waals surface area contributed by atoms with E-state index in [-0.39, 0.29) is 23.1 Å². The van der Waals surface area contributed by atoms with Gasteiger partial charge in [0.1, 0.15) is 16.3 Å². The second kappa shape index (κ2) is 7.24. The molecule has 0 atom stereocenters. The molecule has 1 amide bonds. The van der Waals surface area contributed by atoms with Gasteiger partial charge in [-0.2, -0.15) is 4.31 Å². The topological polar surface area (TPSA) is 96.9 Å². The van der Waals surface area contributed by atoms with Crippen molar-refractivity contribution in [2.75, 3.05) is 26.2 Å². The molecule has 2 aromatic rings. The van der Waals surface area contributed by atoms with Gasteiger partial charge in [-0.15, -0.1) is 0 Å². The maximum absolute atomic E-state index is 12.9. The van der Waals surface area contributed by atoms with Crippen molar-refractivity contribution in [2.45, 2.75) is 38.5 Å².